The summed E-state index contributed by atoms with van der Waals surface area (Å²) in [6, 6.07) is 21.6. The topological polar surface area (TPSA) is 46.4 Å². The van der Waals surface area contributed by atoms with Crippen LogP contribution in [0.15, 0.2) is 76.6 Å². The van der Waals surface area contributed by atoms with Gasteiger partial charge in [-0.05, 0) is 67.6 Å². The summed E-state index contributed by atoms with van der Waals surface area (Å²) in [5.74, 6) is -0.146. The number of carbonyl (C=O) groups is 1. The quantitative estimate of drug-likeness (QED) is 0.291. The van der Waals surface area contributed by atoms with Gasteiger partial charge in [0.1, 0.15) is 0 Å². The molecule has 1 aromatic heterocycles. The van der Waals surface area contributed by atoms with Crippen LogP contribution >= 0.6 is 35.0 Å². The number of amides is 1. The molecule has 0 radical (unpaired) electrons. The van der Waals surface area contributed by atoms with Crippen molar-refractivity contribution in [1.82, 2.24) is 9.88 Å². The maximum absolute atomic E-state index is 12.7. The number of aliphatic imine (C=N–C) groups is 1. The lowest BCUT2D eigenvalue weighted by Gasteiger charge is -2.10. The molecule has 1 aliphatic rings. The lowest BCUT2D eigenvalue weighted by Crippen LogP contribution is -2.19. The number of benzene rings is 3. The molecule has 1 N–H and O–H groups in total. The fourth-order valence-corrected chi connectivity index (χ4v) is 5.30. The molecule has 1 saturated heterocycles. The third-order valence-corrected chi connectivity index (χ3v) is 7.31. The zero-order valence-corrected chi connectivity index (χ0v) is 20.9. The van der Waals surface area contributed by atoms with Crippen LogP contribution in [-0.2, 0) is 11.3 Å². The molecule has 0 spiro atoms. The highest BCUT2D eigenvalue weighted by Gasteiger charge is 2.25. The first kappa shape index (κ1) is 22.8. The van der Waals surface area contributed by atoms with Crippen molar-refractivity contribution in [2.45, 2.75) is 20.4 Å². The zero-order chi connectivity index (χ0) is 23.8. The standard InChI is InChI=1S/C27H21Cl2N3OS/c1-16-7-11-20(12-8-16)30-27-31-26(33)25(34-27)14-22-17(2)32(24-6-4-3-5-21(22)24)15-18-9-10-19(28)13-23(18)29/h3-14H,15H2,1-2H3,(H,30,31,33)/b25-14+. The van der Waals surface area contributed by atoms with Gasteiger partial charge in [0.05, 0.1) is 10.6 Å². The van der Waals surface area contributed by atoms with Crippen molar-refractivity contribution in [3.8, 4) is 0 Å². The van der Waals surface area contributed by atoms with Crippen molar-refractivity contribution in [3.05, 3.63) is 104 Å². The number of carbonyl (C=O) groups excluding carboxylic acids is 1. The summed E-state index contributed by atoms with van der Waals surface area (Å²) >= 11 is 13.9. The molecule has 0 atom stereocenters. The van der Waals surface area contributed by atoms with E-state index in [0.717, 1.165) is 33.4 Å². The van der Waals surface area contributed by atoms with E-state index < -0.39 is 0 Å². The Bertz CT molecular complexity index is 1490. The third-order valence-electron chi connectivity index (χ3n) is 5.81. The van der Waals surface area contributed by atoms with E-state index in [0.29, 0.717) is 26.7 Å². The number of hydrogen-bond acceptors (Lipinski definition) is 3. The largest absolute Gasteiger partial charge is 0.340 e. The van der Waals surface area contributed by atoms with E-state index >= 15 is 0 Å². The van der Waals surface area contributed by atoms with Crippen LogP contribution in [0.25, 0.3) is 17.0 Å². The highest BCUT2D eigenvalue weighted by molar-refractivity contribution is 8.18. The molecule has 1 amide bonds. The van der Waals surface area contributed by atoms with Crippen LogP contribution in [-0.4, -0.2) is 15.6 Å². The first-order valence-corrected chi connectivity index (χ1v) is 12.3. The van der Waals surface area contributed by atoms with E-state index in [4.69, 9.17) is 23.2 Å². The van der Waals surface area contributed by atoms with Gasteiger partial charge < -0.3 is 9.88 Å². The fourth-order valence-electron chi connectivity index (χ4n) is 4.01. The number of halogens is 2. The van der Waals surface area contributed by atoms with Gasteiger partial charge in [0, 0.05) is 38.8 Å². The summed E-state index contributed by atoms with van der Waals surface area (Å²) in [5, 5.41) is 5.78. The minimum absolute atomic E-state index is 0.146. The molecule has 3 aromatic carbocycles. The normalized spacial score (nSPS) is 16.1. The molecular formula is C27H21Cl2N3OS. The number of rotatable bonds is 4. The predicted octanol–water partition coefficient (Wildman–Crippen LogP) is 7.50. The van der Waals surface area contributed by atoms with Crippen molar-refractivity contribution in [1.29, 1.82) is 0 Å². The molecule has 4 aromatic rings. The van der Waals surface area contributed by atoms with Gasteiger partial charge in [0.2, 0.25) is 0 Å². The summed E-state index contributed by atoms with van der Waals surface area (Å²) in [7, 11) is 0. The van der Waals surface area contributed by atoms with Gasteiger partial charge in [-0.15, -0.1) is 0 Å². The van der Waals surface area contributed by atoms with Gasteiger partial charge in [-0.2, -0.15) is 0 Å². The van der Waals surface area contributed by atoms with Gasteiger partial charge in [-0.25, -0.2) is 4.99 Å². The Balaban J connectivity index is 1.52. The number of amidine groups is 1. The van der Waals surface area contributed by atoms with Gasteiger partial charge in [0.15, 0.2) is 5.17 Å². The van der Waals surface area contributed by atoms with E-state index in [2.05, 4.69) is 33.9 Å². The summed E-state index contributed by atoms with van der Waals surface area (Å²) in [6.07, 6.45) is 1.95. The van der Waals surface area contributed by atoms with Crippen LogP contribution in [0.2, 0.25) is 10.0 Å². The second-order valence-electron chi connectivity index (χ2n) is 8.16. The van der Waals surface area contributed by atoms with Crippen LogP contribution in [0.3, 0.4) is 0 Å². The Kier molecular flexibility index (Phi) is 6.26. The highest BCUT2D eigenvalue weighted by atomic mass is 35.5. The van der Waals surface area contributed by atoms with E-state index in [-0.39, 0.29) is 5.91 Å². The molecule has 0 bridgehead atoms. The average molecular weight is 506 g/mol. The molecule has 34 heavy (non-hydrogen) atoms. The maximum atomic E-state index is 12.7. The van der Waals surface area contributed by atoms with Crippen molar-refractivity contribution in [2.24, 2.45) is 4.99 Å². The molecule has 0 aliphatic carbocycles. The number of thioether (sulfide) groups is 1. The van der Waals surface area contributed by atoms with E-state index in [1.165, 1.54) is 17.3 Å². The lowest BCUT2D eigenvalue weighted by atomic mass is 10.1. The first-order chi connectivity index (χ1) is 16.4. The molecule has 2 heterocycles. The van der Waals surface area contributed by atoms with Crippen molar-refractivity contribution >= 4 is 68.7 Å². The lowest BCUT2D eigenvalue weighted by molar-refractivity contribution is -0.115. The zero-order valence-electron chi connectivity index (χ0n) is 18.6. The average Bonchev–Trinajstić information content (AvgIpc) is 3.29. The SMILES string of the molecule is Cc1ccc(N=C2NC(=O)/C(=C\c3c(C)n(Cc4ccc(Cl)cc4Cl)c4ccccc34)S2)cc1. The predicted molar refractivity (Wildman–Crippen MR) is 144 cm³/mol. The maximum Gasteiger partial charge on any atom is 0.264 e. The Hall–Kier alpha value is -2.99. The molecule has 1 aliphatic heterocycles. The molecule has 5 rings (SSSR count). The van der Waals surface area contributed by atoms with Crippen LogP contribution in [0, 0.1) is 13.8 Å². The molecule has 0 saturated carbocycles. The summed E-state index contributed by atoms with van der Waals surface area (Å²) in [4.78, 5) is 17.9. The number of nitrogens with zero attached hydrogens (tertiary/aromatic N) is 2. The Morgan fingerprint density at radius 3 is 2.56 bits per heavy atom. The molecular weight excluding hydrogens is 485 g/mol. The third kappa shape index (κ3) is 4.51. The summed E-state index contributed by atoms with van der Waals surface area (Å²) in [6.45, 7) is 4.70. The van der Waals surface area contributed by atoms with Crippen molar-refractivity contribution < 1.29 is 4.79 Å². The fraction of sp³-hybridized carbons (Fsp3) is 0.111. The number of nitrogens with one attached hydrogen (secondary N) is 1. The number of hydrogen-bond donors (Lipinski definition) is 1. The molecule has 170 valence electrons. The minimum atomic E-state index is -0.146. The van der Waals surface area contributed by atoms with Crippen LogP contribution in [0.4, 0.5) is 5.69 Å². The van der Waals surface area contributed by atoms with Crippen LogP contribution < -0.4 is 5.32 Å². The Labute approximate surface area is 212 Å². The summed E-state index contributed by atoms with van der Waals surface area (Å²) < 4.78 is 2.22. The molecule has 1 fully saturated rings. The second kappa shape index (κ2) is 9.34. The van der Waals surface area contributed by atoms with Crippen molar-refractivity contribution in [2.75, 3.05) is 0 Å². The summed E-state index contributed by atoms with van der Waals surface area (Å²) in [5.41, 5.74) is 6.10. The van der Waals surface area contributed by atoms with E-state index in [1.807, 2.05) is 61.5 Å². The Morgan fingerprint density at radius 2 is 1.79 bits per heavy atom. The van der Waals surface area contributed by atoms with E-state index in [9.17, 15) is 4.79 Å². The Morgan fingerprint density at radius 1 is 1.03 bits per heavy atom. The monoisotopic (exact) mass is 505 g/mol. The molecule has 7 heteroatoms. The van der Waals surface area contributed by atoms with Gasteiger partial charge in [-0.3, -0.25) is 4.79 Å². The highest BCUT2D eigenvalue weighted by Crippen LogP contribution is 2.34. The van der Waals surface area contributed by atoms with Crippen LogP contribution in [0.5, 0.6) is 0 Å². The van der Waals surface area contributed by atoms with Gasteiger partial charge in [-0.1, -0.05) is 65.2 Å². The number of aryl methyl sites for hydroxylation is 1. The van der Waals surface area contributed by atoms with Gasteiger partial charge >= 0.3 is 0 Å². The second-order valence-corrected chi connectivity index (χ2v) is 10.0. The number of fused-ring (bicyclic) bond motifs is 1. The van der Waals surface area contributed by atoms with E-state index in [1.54, 1.807) is 6.07 Å². The number of aromatic nitrogens is 1. The molecule has 4 nitrogen and oxygen atoms in total. The van der Waals surface area contributed by atoms with Crippen molar-refractivity contribution in [3.63, 3.8) is 0 Å². The number of para-hydroxylation sites is 1. The smallest absolute Gasteiger partial charge is 0.264 e. The molecule has 0 unspecified atom stereocenters. The minimum Gasteiger partial charge on any atom is -0.340 e. The van der Waals surface area contributed by atoms with Crippen LogP contribution in [0.1, 0.15) is 22.4 Å². The first-order valence-electron chi connectivity index (χ1n) is 10.8. The van der Waals surface area contributed by atoms with Gasteiger partial charge in [0.25, 0.3) is 5.91 Å².